The predicted octanol–water partition coefficient (Wildman–Crippen LogP) is -25.8. The zero-order chi connectivity index (χ0) is 102. The fourth-order valence-corrected chi connectivity index (χ4v) is 17.8. The molecule has 0 spiro atoms. The van der Waals surface area contributed by atoms with E-state index >= 15 is 0 Å². The minimum absolute atomic E-state index is 0.878. The number of hydrogen-bond acceptors (Lipinski definition) is 59. The highest BCUT2D eigenvalue weighted by Gasteiger charge is 2.64. The molecule has 11 fully saturated rings. The van der Waals surface area contributed by atoms with Crippen LogP contribution in [0.5, 0.6) is 0 Å². The lowest BCUT2D eigenvalue weighted by Crippen LogP contribution is -2.71. The third kappa shape index (κ3) is 24.9. The van der Waals surface area contributed by atoms with E-state index < -0.39 is 453 Å². The molecular formula is C76H129N3O59. The Kier molecular flexibility index (Phi) is 42.1. The molecule has 11 rings (SSSR count). The average Bonchev–Trinajstić information content (AvgIpc) is 0.754. The second kappa shape index (κ2) is 50.7. The normalized spacial score (nSPS) is 49.2. The number of rotatable bonds is 39. The zero-order valence-corrected chi connectivity index (χ0v) is 73.5. The van der Waals surface area contributed by atoms with Crippen molar-refractivity contribution >= 4 is 17.7 Å². The van der Waals surface area contributed by atoms with Crippen LogP contribution >= 0.6 is 0 Å². The highest BCUT2D eigenvalue weighted by molar-refractivity contribution is 5.74. The smallest absolute Gasteiger partial charge is 0.217 e. The minimum atomic E-state index is -2.68. The van der Waals surface area contributed by atoms with Crippen LogP contribution in [0.25, 0.3) is 0 Å². The van der Waals surface area contributed by atoms with Gasteiger partial charge in [-0.25, -0.2) is 0 Å². The molecule has 0 aliphatic carbocycles. The van der Waals surface area contributed by atoms with Crippen molar-refractivity contribution in [1.29, 1.82) is 0 Å². The molecule has 0 unspecified atom stereocenters. The Morgan fingerprint density at radius 3 is 0.667 bits per heavy atom. The van der Waals surface area contributed by atoms with Crippen LogP contribution in [0.2, 0.25) is 0 Å². The van der Waals surface area contributed by atoms with E-state index in [1.807, 2.05) is 0 Å². The Morgan fingerprint density at radius 2 is 0.406 bits per heavy atom. The van der Waals surface area contributed by atoms with Crippen molar-refractivity contribution in [2.45, 2.75) is 371 Å². The highest BCUT2D eigenvalue weighted by Crippen LogP contribution is 2.43. The summed E-state index contributed by atoms with van der Waals surface area (Å²) in [6, 6.07) is -5.96. The minimum Gasteiger partial charge on any atom is -0.394 e. The van der Waals surface area contributed by atoms with Gasteiger partial charge in [0, 0.05) is 20.8 Å². The second-order valence-corrected chi connectivity index (χ2v) is 34.6. The monoisotopic (exact) mass is 2030 g/mol. The lowest BCUT2D eigenvalue weighted by Gasteiger charge is -2.52. The van der Waals surface area contributed by atoms with Gasteiger partial charge in [-0.05, 0) is 0 Å². The van der Waals surface area contributed by atoms with E-state index in [0.717, 1.165) is 20.8 Å². The van der Waals surface area contributed by atoms with Gasteiger partial charge in [0.1, 0.15) is 281 Å². The predicted molar refractivity (Wildman–Crippen MR) is 420 cm³/mol. The quantitative estimate of drug-likeness (QED) is 0.0272. The number of carbonyl (C=O) groups is 3. The van der Waals surface area contributed by atoms with E-state index in [1.165, 1.54) is 0 Å². The van der Waals surface area contributed by atoms with Crippen molar-refractivity contribution in [1.82, 2.24) is 16.0 Å². The number of aliphatic hydroxyl groups excluding tert-OH is 34. The van der Waals surface area contributed by atoms with Gasteiger partial charge in [0.15, 0.2) is 69.2 Å². The fraction of sp³-hybridized carbons (Fsp3) is 0.961. The van der Waals surface area contributed by atoms with Gasteiger partial charge in [-0.3, -0.25) is 14.4 Å². The molecule has 37 N–H and O–H groups in total. The molecule has 138 heavy (non-hydrogen) atoms. The van der Waals surface area contributed by atoms with Crippen molar-refractivity contribution < 1.29 is 292 Å². The van der Waals surface area contributed by atoms with E-state index in [0.29, 0.717) is 0 Å². The first-order valence-corrected chi connectivity index (χ1v) is 43.9. The molecule has 11 aliphatic rings. The number of carbonyl (C=O) groups excluding carboxylic acids is 3. The summed E-state index contributed by atoms with van der Waals surface area (Å²) in [6.07, 6.45) is -116. The molecular weight excluding hydrogens is 1900 g/mol. The second-order valence-electron chi connectivity index (χ2n) is 34.6. The summed E-state index contributed by atoms with van der Waals surface area (Å²) in [5.41, 5.74) is 0. The van der Waals surface area contributed by atoms with Gasteiger partial charge in [-0.2, -0.15) is 0 Å². The molecule has 11 saturated heterocycles. The topological polar surface area (TPSA) is 978 Å². The van der Waals surface area contributed by atoms with Gasteiger partial charge >= 0.3 is 0 Å². The van der Waals surface area contributed by atoms with Crippen LogP contribution in [-0.2, 0) is 119 Å². The maximum atomic E-state index is 13.2. The molecule has 0 bridgehead atoms. The average molecular weight is 2030 g/mol. The van der Waals surface area contributed by atoms with Crippen LogP contribution in [-0.4, -0.2) is 627 Å². The fourth-order valence-electron chi connectivity index (χ4n) is 17.8. The van der Waals surface area contributed by atoms with Gasteiger partial charge in [-0.1, -0.05) is 0 Å². The lowest BCUT2D eigenvalue weighted by atomic mass is 9.93. The molecule has 11 heterocycles. The van der Waals surface area contributed by atoms with Crippen LogP contribution in [0.15, 0.2) is 0 Å². The first-order chi connectivity index (χ1) is 65.5. The van der Waals surface area contributed by atoms with Crippen LogP contribution in [0.3, 0.4) is 0 Å². The summed E-state index contributed by atoms with van der Waals surface area (Å²) in [5.74, 6) is -2.95. The third-order valence-electron chi connectivity index (χ3n) is 25.3. The van der Waals surface area contributed by atoms with E-state index in [4.69, 9.17) is 104 Å². The van der Waals surface area contributed by atoms with E-state index in [2.05, 4.69) is 16.0 Å². The summed E-state index contributed by atoms with van der Waals surface area (Å²) >= 11 is 0. The molecule has 57 atom stereocenters. The summed E-state index contributed by atoms with van der Waals surface area (Å²) < 4.78 is 130. The Labute approximate surface area is 780 Å². The summed E-state index contributed by atoms with van der Waals surface area (Å²) in [5, 5.41) is 385. The molecule has 0 aromatic rings. The molecule has 0 saturated carbocycles. The third-order valence-corrected chi connectivity index (χ3v) is 25.3. The van der Waals surface area contributed by atoms with Crippen LogP contribution in [0, 0.1) is 0 Å². The molecule has 0 aromatic heterocycles. The number of amides is 3. The van der Waals surface area contributed by atoms with Gasteiger partial charge in [0.05, 0.1) is 85.9 Å². The molecule has 0 aromatic carbocycles. The maximum Gasteiger partial charge on any atom is 0.217 e. The molecule has 0 radical (unpaired) electrons. The van der Waals surface area contributed by atoms with Crippen molar-refractivity contribution in [3.63, 3.8) is 0 Å². The molecule has 802 valence electrons. The Hall–Kier alpha value is -3.83. The van der Waals surface area contributed by atoms with Crippen molar-refractivity contribution in [2.24, 2.45) is 0 Å². The van der Waals surface area contributed by atoms with Crippen molar-refractivity contribution in [3.8, 4) is 0 Å². The first-order valence-electron chi connectivity index (χ1n) is 43.9. The number of nitrogens with one attached hydrogen (secondary N) is 3. The summed E-state index contributed by atoms with van der Waals surface area (Å²) in [6.45, 7) is -12.5. The first kappa shape index (κ1) is 114. The van der Waals surface area contributed by atoms with Crippen LogP contribution < -0.4 is 16.0 Å². The maximum absolute atomic E-state index is 13.2. The molecule has 3 amide bonds. The van der Waals surface area contributed by atoms with Crippen molar-refractivity contribution in [3.05, 3.63) is 0 Å². The van der Waals surface area contributed by atoms with Gasteiger partial charge in [-0.15, -0.1) is 0 Å². The SMILES string of the molecule is CC(=O)N[C@H]1[C@H](O[C@H]2[C@@H](O)[C@@H](CO)O[C@@H](O[C@H]3[C@H](O)[C@@H](O)[C@H](O[C@@H]4[C@H](O[C@@H]5O[C@H](CO)[C@@H](O[C@@H]6O[C@H](CO)[C@H](O)[C@H](O)[C@H]6O)[C@H](O)[C@H]5NC(C)=O)[C@@H](O)[C@H](O[C@H]5[C@H](O)[C@@H](O)[C@H](O[C@@H]6[C@H](O[C@@H]7O[C@H](CO)[C@@H](O[C@@H]8O[C@H](CO)[C@H](O)[C@H](O)[C@H]8O)[C@H](O)[C@H]7NC(C)=O)[C@@H](O)[C@H](O[C@H](CO)[C@@H](O)CO)O[C@@H]6CO)O[C@@H]5CO)O[C@@H]4CO)O[C@@H]3CO)[C@@H]2O)O[C@H](CO)[C@@H](O[C@@H]2O[C@H](CO)[C@H](O)[C@H](O)[C@H]2O)[C@@H]1O. The molecule has 62 nitrogen and oxygen atoms in total. The highest BCUT2D eigenvalue weighted by atomic mass is 16.8. The summed E-state index contributed by atoms with van der Waals surface area (Å²) in [4.78, 5) is 39.0. The van der Waals surface area contributed by atoms with Gasteiger partial charge < -0.3 is 294 Å². The van der Waals surface area contributed by atoms with E-state index in [1.54, 1.807) is 0 Å². The standard InChI is InChI=1S/C76H129N3O59/c1-17(93)77-33-40(101)56(129-69-48(109)43(104)36(97)22(6-82)118-69)26(10-86)122-66(33)136-63-39(100)25(9-85)121-75(53(63)114)132-59-29(13-89)125-73(51(112)46(59)107)135-62-32(16-92)128-76(55(116)65(62)138-68-35(79-19(3)95)42(103)58(28(12-88)124-68)131-71-50(111)45(106)38(99)24(8-84)120-71)133-60-30(14-90)126-72(52(113)47(60)108)134-61-31(15-91)127-74(117-21(5-81)20(96)4-80)54(115)64(61)137-67-34(78-18(2)94)41(102)57(27(11-87)123-67)130-70-49(110)44(105)37(98)23(7-83)119-70/h20-76,80-92,96-116H,4-16H2,1-3H3,(H,77,93)(H,78,94)(H,79,95)/t20-,21+,22+,23+,24+,25+,26+,27+,28+,29+,30+,31+,32+,33+,34+,35+,36-,37-,38-,39-,40+,41+,42+,43-,44-,45-,46+,47+,48+,49+,50+,51+,52+,53+,54+,55+,56+,57+,58+,59+,60+,61-,62-,63-,64+,65+,66-,67-,68-,69-,70-,71-,72-,73-,74+,75-,76-/m0/s1. The molecule has 11 aliphatic heterocycles. The zero-order valence-electron chi connectivity index (χ0n) is 73.5. The van der Waals surface area contributed by atoms with E-state index in [-0.39, 0.29) is 0 Å². The summed E-state index contributed by atoms with van der Waals surface area (Å²) in [7, 11) is 0. The number of hydrogen-bond donors (Lipinski definition) is 37. The van der Waals surface area contributed by atoms with E-state index in [9.17, 15) is 188 Å². The van der Waals surface area contributed by atoms with Crippen molar-refractivity contribution in [2.75, 3.05) is 85.9 Å². The number of aliphatic hydroxyl groups is 34. The lowest BCUT2D eigenvalue weighted by molar-refractivity contribution is -0.410. The van der Waals surface area contributed by atoms with Gasteiger partial charge in [0.2, 0.25) is 17.7 Å². The number of ether oxygens (including phenoxy) is 22. The Morgan fingerprint density at radius 1 is 0.210 bits per heavy atom. The Bertz CT molecular complexity index is 3690. The van der Waals surface area contributed by atoms with Gasteiger partial charge in [0.25, 0.3) is 0 Å². The Balaban J connectivity index is 0.870. The van der Waals surface area contributed by atoms with Crippen LogP contribution in [0.4, 0.5) is 0 Å². The largest absolute Gasteiger partial charge is 0.394 e. The van der Waals surface area contributed by atoms with Crippen LogP contribution in [0.1, 0.15) is 20.8 Å². The molecule has 62 heteroatoms.